The monoisotopic (exact) mass is 354 g/mol. The van der Waals surface area contributed by atoms with Crippen LogP contribution in [-0.4, -0.2) is 38.6 Å². The van der Waals surface area contributed by atoms with Gasteiger partial charge in [0.25, 0.3) is 0 Å². The second kappa shape index (κ2) is 6.78. The van der Waals surface area contributed by atoms with Gasteiger partial charge in [-0.3, -0.25) is 19.4 Å². The molecule has 1 aliphatic carbocycles. The summed E-state index contributed by atoms with van der Waals surface area (Å²) in [5.74, 6) is -0.893. The molecule has 1 fully saturated rings. The van der Waals surface area contributed by atoms with E-state index in [0.717, 1.165) is 29.1 Å². The third-order valence-electron chi connectivity index (χ3n) is 5.11. The van der Waals surface area contributed by atoms with Gasteiger partial charge in [-0.1, -0.05) is 25.7 Å². The number of hydrogen-bond acceptors (Lipinski definition) is 4. The topological polar surface area (TPSA) is 105 Å². The fraction of sp³-hybridized carbons (Fsp3) is 0.444. The molecule has 8 heteroatoms. The Labute approximate surface area is 150 Å². The zero-order valence-electron chi connectivity index (χ0n) is 14.7. The molecule has 1 aliphatic rings. The normalized spacial score (nSPS) is 15.9. The van der Waals surface area contributed by atoms with Gasteiger partial charge < -0.3 is 10.6 Å². The van der Waals surface area contributed by atoms with Crippen molar-refractivity contribution in [3.63, 3.8) is 0 Å². The Morgan fingerprint density at radius 2 is 1.88 bits per heavy atom. The molecule has 0 spiro atoms. The lowest BCUT2D eigenvalue weighted by molar-refractivity contribution is -0.135. The number of hydrogen-bond donors (Lipinski definition) is 3. The SMILES string of the molecule is CNC(=O)C(=O)Nc1[nH]n(C2CCCCCC2)c2c1cnc1nccc12. The fourth-order valence-corrected chi connectivity index (χ4v) is 3.79. The lowest BCUT2D eigenvalue weighted by Crippen LogP contribution is -2.32. The first-order chi connectivity index (χ1) is 12.7. The van der Waals surface area contributed by atoms with Crippen molar-refractivity contribution in [2.24, 2.45) is 0 Å². The van der Waals surface area contributed by atoms with E-state index in [2.05, 4.69) is 30.4 Å². The van der Waals surface area contributed by atoms with Gasteiger partial charge in [0, 0.05) is 24.8 Å². The average molecular weight is 354 g/mol. The van der Waals surface area contributed by atoms with Gasteiger partial charge in [0.05, 0.1) is 16.9 Å². The smallest absolute Gasteiger partial charge is 0.314 e. The fourth-order valence-electron chi connectivity index (χ4n) is 3.79. The first-order valence-corrected chi connectivity index (χ1v) is 9.05. The minimum absolute atomic E-state index is 0.325. The molecular formula is C18H22N6O2. The summed E-state index contributed by atoms with van der Waals surface area (Å²) in [6, 6.07) is 2.27. The Bertz CT molecular complexity index is 965. The van der Waals surface area contributed by atoms with E-state index in [0.29, 0.717) is 17.5 Å². The highest BCUT2D eigenvalue weighted by Crippen LogP contribution is 2.35. The van der Waals surface area contributed by atoms with Gasteiger partial charge in [-0.05, 0) is 18.9 Å². The molecular weight excluding hydrogens is 332 g/mol. The average Bonchev–Trinajstić information content (AvgIpc) is 3.17. The lowest BCUT2D eigenvalue weighted by Gasteiger charge is -2.17. The number of aromatic amines is 1. The number of rotatable bonds is 2. The first kappa shape index (κ1) is 16.6. The molecule has 136 valence electrons. The standard InChI is InChI=1S/C18H22N6O2/c1-19-17(25)18(26)22-16-13-10-21-15-12(8-9-20-15)14(13)24(23-16)11-6-4-2-3-5-7-11/h8-11,23H,2-7H2,1H3,(H,19,25)(H,22,26). The molecule has 0 atom stereocenters. The van der Waals surface area contributed by atoms with E-state index >= 15 is 0 Å². The van der Waals surface area contributed by atoms with Gasteiger partial charge in [-0.25, -0.2) is 9.97 Å². The van der Waals surface area contributed by atoms with Crippen LogP contribution in [0.2, 0.25) is 0 Å². The van der Waals surface area contributed by atoms with Gasteiger partial charge in [0.1, 0.15) is 5.82 Å². The molecule has 3 aromatic heterocycles. The van der Waals surface area contributed by atoms with Crippen LogP contribution < -0.4 is 10.6 Å². The number of carbonyl (C=O) groups excluding carboxylic acids is 2. The summed E-state index contributed by atoms with van der Waals surface area (Å²) < 4.78 is 2.13. The Balaban J connectivity index is 1.85. The summed E-state index contributed by atoms with van der Waals surface area (Å²) in [6.07, 6.45) is 10.5. The Morgan fingerprint density at radius 1 is 1.12 bits per heavy atom. The molecule has 0 unspecified atom stereocenters. The molecule has 8 nitrogen and oxygen atoms in total. The first-order valence-electron chi connectivity index (χ1n) is 9.05. The summed E-state index contributed by atoms with van der Waals surface area (Å²) in [6.45, 7) is 0. The highest BCUT2D eigenvalue weighted by atomic mass is 16.2. The quantitative estimate of drug-likeness (QED) is 0.486. The second-order valence-corrected chi connectivity index (χ2v) is 6.74. The van der Waals surface area contributed by atoms with Gasteiger partial charge in [-0.15, -0.1) is 0 Å². The van der Waals surface area contributed by atoms with Crippen LogP contribution >= 0.6 is 0 Å². The zero-order chi connectivity index (χ0) is 18.1. The number of nitrogens with zero attached hydrogens (tertiary/aromatic N) is 3. The number of amides is 2. The van der Waals surface area contributed by atoms with Crippen LogP contribution in [0.3, 0.4) is 0 Å². The molecule has 26 heavy (non-hydrogen) atoms. The van der Waals surface area contributed by atoms with Crippen LogP contribution in [0.1, 0.15) is 44.6 Å². The molecule has 0 aromatic carbocycles. The van der Waals surface area contributed by atoms with Gasteiger partial charge in [0.15, 0.2) is 5.65 Å². The predicted octanol–water partition coefficient (Wildman–Crippen LogP) is 2.49. The highest BCUT2D eigenvalue weighted by molar-refractivity contribution is 6.40. The van der Waals surface area contributed by atoms with E-state index in [1.165, 1.54) is 32.7 Å². The molecule has 3 N–H and O–H groups in total. The second-order valence-electron chi connectivity index (χ2n) is 6.74. The van der Waals surface area contributed by atoms with Crippen LogP contribution in [0.4, 0.5) is 5.82 Å². The molecule has 4 rings (SSSR count). The summed E-state index contributed by atoms with van der Waals surface area (Å²) in [7, 11) is 1.43. The number of aromatic nitrogens is 4. The summed E-state index contributed by atoms with van der Waals surface area (Å²) in [5.41, 5.74) is 1.66. The third kappa shape index (κ3) is 2.81. The third-order valence-corrected chi connectivity index (χ3v) is 5.11. The van der Waals surface area contributed by atoms with Crippen molar-refractivity contribution < 1.29 is 9.59 Å². The number of likely N-dealkylation sites (N-methyl/N-ethyl adjacent to an activating group) is 1. The molecule has 0 saturated heterocycles. The maximum Gasteiger partial charge on any atom is 0.314 e. The van der Waals surface area contributed by atoms with E-state index in [1.54, 1.807) is 12.4 Å². The van der Waals surface area contributed by atoms with Crippen molar-refractivity contribution in [2.75, 3.05) is 12.4 Å². The van der Waals surface area contributed by atoms with Crippen molar-refractivity contribution in [3.8, 4) is 0 Å². The Morgan fingerprint density at radius 3 is 2.62 bits per heavy atom. The van der Waals surface area contributed by atoms with Gasteiger partial charge in [-0.2, -0.15) is 0 Å². The van der Waals surface area contributed by atoms with Crippen LogP contribution in [0.5, 0.6) is 0 Å². The van der Waals surface area contributed by atoms with E-state index in [-0.39, 0.29) is 0 Å². The molecule has 1 saturated carbocycles. The van der Waals surface area contributed by atoms with Crippen molar-refractivity contribution >= 4 is 39.6 Å². The minimum Gasteiger partial charge on any atom is -0.351 e. The number of H-pyrrole nitrogens is 1. The number of carbonyl (C=O) groups is 2. The predicted molar refractivity (Wildman–Crippen MR) is 98.8 cm³/mol. The molecule has 0 bridgehead atoms. The van der Waals surface area contributed by atoms with Crippen molar-refractivity contribution in [2.45, 2.75) is 44.6 Å². The maximum absolute atomic E-state index is 12.1. The van der Waals surface area contributed by atoms with E-state index in [9.17, 15) is 9.59 Å². The van der Waals surface area contributed by atoms with Crippen LogP contribution in [0, 0.1) is 0 Å². The van der Waals surface area contributed by atoms with E-state index < -0.39 is 11.8 Å². The van der Waals surface area contributed by atoms with E-state index in [1.807, 2.05) is 6.07 Å². The highest BCUT2D eigenvalue weighted by Gasteiger charge is 2.23. The number of pyridine rings is 1. The summed E-state index contributed by atoms with van der Waals surface area (Å²) in [5, 5.41) is 10.1. The van der Waals surface area contributed by atoms with Crippen molar-refractivity contribution in [1.82, 2.24) is 25.1 Å². The molecule has 3 heterocycles. The van der Waals surface area contributed by atoms with Crippen LogP contribution in [0.25, 0.3) is 21.9 Å². The van der Waals surface area contributed by atoms with Crippen LogP contribution in [0.15, 0.2) is 18.5 Å². The van der Waals surface area contributed by atoms with Crippen molar-refractivity contribution in [1.29, 1.82) is 0 Å². The van der Waals surface area contributed by atoms with Crippen LogP contribution in [-0.2, 0) is 9.59 Å². The maximum atomic E-state index is 12.1. The minimum atomic E-state index is -0.704. The van der Waals surface area contributed by atoms with Gasteiger partial charge >= 0.3 is 11.8 Å². The summed E-state index contributed by atoms with van der Waals surface area (Å²) >= 11 is 0. The number of anilines is 1. The largest absolute Gasteiger partial charge is 0.351 e. The number of nitrogens with one attached hydrogen (secondary N) is 3. The molecule has 0 aliphatic heterocycles. The van der Waals surface area contributed by atoms with Gasteiger partial charge in [0.2, 0.25) is 0 Å². The zero-order valence-corrected chi connectivity index (χ0v) is 14.7. The molecule has 0 radical (unpaired) electrons. The Kier molecular flexibility index (Phi) is 4.32. The van der Waals surface area contributed by atoms with E-state index in [4.69, 9.17) is 0 Å². The molecule has 2 amide bonds. The molecule has 3 aromatic rings. The number of fused-ring (bicyclic) bond motifs is 3. The van der Waals surface area contributed by atoms with Crippen molar-refractivity contribution in [3.05, 3.63) is 18.5 Å². The lowest BCUT2D eigenvalue weighted by atomic mass is 10.1. The summed E-state index contributed by atoms with van der Waals surface area (Å²) in [4.78, 5) is 32.3. The Hall–Kier alpha value is -2.90.